The lowest BCUT2D eigenvalue weighted by Crippen LogP contribution is -2.41. The lowest BCUT2D eigenvalue weighted by molar-refractivity contribution is -0.384. The van der Waals surface area contributed by atoms with E-state index in [1.807, 2.05) is 36.4 Å². The molecule has 1 rings (SSSR count). The van der Waals surface area contributed by atoms with E-state index in [1.165, 1.54) is 23.1 Å². The molecule has 0 saturated heterocycles. The number of rotatable bonds is 6. The van der Waals surface area contributed by atoms with Gasteiger partial charge in [0.1, 0.15) is 0 Å². The molecule has 0 bridgehead atoms. The summed E-state index contributed by atoms with van der Waals surface area (Å²) in [5.74, 6) is -0.461. The summed E-state index contributed by atoms with van der Waals surface area (Å²) >= 11 is 1.88. The van der Waals surface area contributed by atoms with E-state index in [1.54, 1.807) is 11.9 Å². The molecular formula is C14H18IN3O4. The van der Waals surface area contributed by atoms with Gasteiger partial charge in [-0.2, -0.15) is 0 Å². The molecule has 0 aliphatic rings. The van der Waals surface area contributed by atoms with Gasteiger partial charge in [-0.15, -0.1) is 0 Å². The highest BCUT2D eigenvalue weighted by Gasteiger charge is 2.21. The van der Waals surface area contributed by atoms with E-state index in [-0.39, 0.29) is 24.0 Å². The smallest absolute Gasteiger partial charge is 0.270 e. The number of nitro groups is 1. The lowest BCUT2D eigenvalue weighted by atomic mass is 10.2. The molecule has 0 aliphatic carbocycles. The number of nitro benzene ring substituents is 1. The molecule has 0 atom stereocenters. The summed E-state index contributed by atoms with van der Waals surface area (Å²) in [4.78, 5) is 37.6. The molecule has 7 nitrogen and oxygen atoms in total. The lowest BCUT2D eigenvalue weighted by Gasteiger charge is -2.23. The number of nitrogens with zero attached hydrogens (tertiary/aromatic N) is 3. The van der Waals surface area contributed by atoms with Gasteiger partial charge in [-0.05, 0) is 42.5 Å². The van der Waals surface area contributed by atoms with Crippen LogP contribution in [0.5, 0.6) is 0 Å². The Balaban J connectivity index is 2.87. The van der Waals surface area contributed by atoms with Crippen molar-refractivity contribution in [3.63, 3.8) is 0 Å². The van der Waals surface area contributed by atoms with E-state index in [2.05, 4.69) is 0 Å². The normalized spacial score (nSPS) is 10.2. The molecule has 0 unspecified atom stereocenters. The van der Waals surface area contributed by atoms with Gasteiger partial charge in [-0.3, -0.25) is 19.7 Å². The van der Waals surface area contributed by atoms with E-state index in [9.17, 15) is 19.7 Å². The van der Waals surface area contributed by atoms with Crippen LogP contribution >= 0.6 is 22.6 Å². The molecule has 1 aromatic carbocycles. The van der Waals surface area contributed by atoms with Crippen LogP contribution in [0.2, 0.25) is 0 Å². The zero-order valence-electron chi connectivity index (χ0n) is 12.7. The van der Waals surface area contributed by atoms with Crippen molar-refractivity contribution in [1.29, 1.82) is 0 Å². The standard InChI is InChI=1S/C14H18IN3O4/c1-4-17(5-2)13(19)9-16(3)14(20)11-7-6-10(18(21)22)8-12(11)15/h6-8H,4-5,9H2,1-3H3. The molecule has 1 aromatic rings. The van der Waals surface area contributed by atoms with Crippen LogP contribution in [0.25, 0.3) is 0 Å². The number of amides is 2. The Hall–Kier alpha value is -1.71. The molecule has 0 fully saturated rings. The number of likely N-dealkylation sites (N-methyl/N-ethyl adjacent to an activating group) is 2. The third kappa shape index (κ3) is 4.39. The first-order valence-electron chi connectivity index (χ1n) is 6.78. The second-order valence-electron chi connectivity index (χ2n) is 4.65. The van der Waals surface area contributed by atoms with Crippen LogP contribution in [0, 0.1) is 13.7 Å². The maximum atomic E-state index is 12.4. The minimum atomic E-state index is -0.510. The zero-order chi connectivity index (χ0) is 16.9. The molecule has 2 amide bonds. The van der Waals surface area contributed by atoms with Gasteiger partial charge < -0.3 is 9.80 Å². The van der Waals surface area contributed by atoms with Gasteiger partial charge >= 0.3 is 0 Å². The third-order valence-electron chi connectivity index (χ3n) is 3.23. The Morgan fingerprint density at radius 1 is 1.27 bits per heavy atom. The fourth-order valence-electron chi connectivity index (χ4n) is 1.95. The van der Waals surface area contributed by atoms with Crippen molar-refractivity contribution in [1.82, 2.24) is 9.80 Å². The number of hydrogen-bond donors (Lipinski definition) is 0. The highest BCUT2D eigenvalue weighted by molar-refractivity contribution is 14.1. The van der Waals surface area contributed by atoms with Crippen molar-refractivity contribution in [2.45, 2.75) is 13.8 Å². The van der Waals surface area contributed by atoms with E-state index in [4.69, 9.17) is 0 Å². The van der Waals surface area contributed by atoms with Crippen molar-refractivity contribution < 1.29 is 14.5 Å². The molecule has 0 heterocycles. The topological polar surface area (TPSA) is 83.8 Å². The largest absolute Gasteiger partial charge is 0.342 e. The summed E-state index contributed by atoms with van der Waals surface area (Å²) < 4.78 is 0.485. The average molecular weight is 419 g/mol. The van der Waals surface area contributed by atoms with Crippen molar-refractivity contribution in [3.8, 4) is 0 Å². The summed E-state index contributed by atoms with van der Waals surface area (Å²) in [6.07, 6.45) is 0. The van der Waals surface area contributed by atoms with Crippen LogP contribution in [0.4, 0.5) is 5.69 Å². The zero-order valence-corrected chi connectivity index (χ0v) is 14.9. The van der Waals surface area contributed by atoms with Gasteiger partial charge in [0.05, 0.1) is 17.0 Å². The Morgan fingerprint density at radius 2 is 1.86 bits per heavy atom. The number of benzene rings is 1. The SMILES string of the molecule is CCN(CC)C(=O)CN(C)C(=O)c1ccc([N+](=O)[O-])cc1I. The first-order valence-corrected chi connectivity index (χ1v) is 7.86. The summed E-state index contributed by atoms with van der Waals surface area (Å²) in [6, 6.07) is 4.05. The van der Waals surface area contributed by atoms with Gasteiger partial charge in [0.15, 0.2) is 0 Å². The molecule has 0 saturated carbocycles. The Morgan fingerprint density at radius 3 is 2.32 bits per heavy atom. The summed E-state index contributed by atoms with van der Waals surface area (Å²) in [5, 5.41) is 10.7. The highest BCUT2D eigenvalue weighted by Crippen LogP contribution is 2.20. The minimum absolute atomic E-state index is 0.0203. The summed E-state index contributed by atoms with van der Waals surface area (Å²) in [7, 11) is 1.54. The number of non-ortho nitro benzene ring substituents is 1. The fraction of sp³-hybridized carbons (Fsp3) is 0.429. The average Bonchev–Trinajstić information content (AvgIpc) is 2.47. The van der Waals surface area contributed by atoms with E-state index >= 15 is 0 Å². The van der Waals surface area contributed by atoms with Crippen molar-refractivity contribution >= 4 is 40.1 Å². The Labute approximate surface area is 142 Å². The fourth-order valence-corrected chi connectivity index (χ4v) is 2.68. The van der Waals surface area contributed by atoms with Crippen molar-refractivity contribution in [2.75, 3.05) is 26.7 Å². The molecule has 8 heteroatoms. The molecule has 0 aliphatic heterocycles. The summed E-state index contributed by atoms with van der Waals surface area (Å²) in [6.45, 7) is 4.91. The summed E-state index contributed by atoms with van der Waals surface area (Å²) in [5.41, 5.74) is 0.281. The Bertz CT molecular complexity index is 587. The van der Waals surface area contributed by atoms with Gasteiger partial charge in [0.2, 0.25) is 5.91 Å². The van der Waals surface area contributed by atoms with Crippen LogP contribution in [0.15, 0.2) is 18.2 Å². The van der Waals surface area contributed by atoms with Crippen molar-refractivity contribution in [2.24, 2.45) is 0 Å². The quantitative estimate of drug-likeness (QED) is 0.402. The maximum absolute atomic E-state index is 12.4. The van der Waals surface area contributed by atoms with E-state index in [0.29, 0.717) is 22.2 Å². The predicted octanol–water partition coefficient (Wildman–Crippen LogP) is 2.14. The first-order chi connectivity index (χ1) is 10.3. The number of halogens is 1. The Kier molecular flexibility index (Phi) is 6.72. The van der Waals surface area contributed by atoms with Crippen LogP contribution in [0.1, 0.15) is 24.2 Å². The minimum Gasteiger partial charge on any atom is -0.342 e. The van der Waals surface area contributed by atoms with Gasteiger partial charge in [-0.25, -0.2) is 0 Å². The molecule has 0 radical (unpaired) electrons. The van der Waals surface area contributed by atoms with Crippen LogP contribution < -0.4 is 0 Å². The highest BCUT2D eigenvalue weighted by atomic mass is 127. The second kappa shape index (κ2) is 8.06. The van der Waals surface area contributed by atoms with Crippen LogP contribution in [-0.2, 0) is 4.79 Å². The van der Waals surface area contributed by atoms with Gasteiger partial charge in [0, 0.05) is 35.8 Å². The molecule has 0 spiro atoms. The molecular weight excluding hydrogens is 401 g/mol. The molecule has 22 heavy (non-hydrogen) atoms. The molecule has 0 aromatic heterocycles. The number of carbonyl (C=O) groups excluding carboxylic acids is 2. The van der Waals surface area contributed by atoms with Gasteiger partial charge in [-0.1, -0.05) is 0 Å². The third-order valence-corrected chi connectivity index (χ3v) is 4.12. The van der Waals surface area contributed by atoms with Crippen LogP contribution in [0.3, 0.4) is 0 Å². The number of carbonyl (C=O) groups is 2. The van der Waals surface area contributed by atoms with Gasteiger partial charge in [0.25, 0.3) is 11.6 Å². The molecule has 120 valence electrons. The monoisotopic (exact) mass is 419 g/mol. The predicted molar refractivity (Wildman–Crippen MR) is 90.7 cm³/mol. The van der Waals surface area contributed by atoms with Crippen LogP contribution in [-0.4, -0.2) is 53.2 Å². The van der Waals surface area contributed by atoms with E-state index < -0.39 is 4.92 Å². The molecule has 0 N–H and O–H groups in total. The maximum Gasteiger partial charge on any atom is 0.270 e. The number of hydrogen-bond acceptors (Lipinski definition) is 4. The first kappa shape index (κ1) is 18.3. The van der Waals surface area contributed by atoms with E-state index in [0.717, 1.165) is 0 Å². The van der Waals surface area contributed by atoms with Crippen molar-refractivity contribution in [3.05, 3.63) is 37.4 Å². The second-order valence-corrected chi connectivity index (χ2v) is 5.81.